The van der Waals surface area contributed by atoms with Crippen molar-refractivity contribution in [1.82, 2.24) is 9.97 Å². The molecule has 16 heavy (non-hydrogen) atoms. The highest BCUT2D eigenvalue weighted by atomic mass is 16.2. The number of carbonyl (C=O) groups excluding carboxylic acids is 1. The van der Waals surface area contributed by atoms with Crippen molar-refractivity contribution in [3.05, 3.63) is 18.1 Å². The first-order valence-corrected chi connectivity index (χ1v) is 5.46. The number of hydrogen-bond acceptors (Lipinski definition) is 4. The van der Waals surface area contributed by atoms with Crippen LogP contribution in [0.2, 0.25) is 0 Å². The third-order valence-electron chi connectivity index (χ3n) is 3.07. The van der Waals surface area contributed by atoms with Crippen LogP contribution in [0.4, 0.5) is 5.82 Å². The van der Waals surface area contributed by atoms with Gasteiger partial charge in [0.1, 0.15) is 6.33 Å². The largest absolute Gasteiger partial charge is 0.272 e. The molecule has 5 nitrogen and oxygen atoms in total. The topological polar surface area (TPSA) is 58.5 Å². The molecule has 3 rings (SSSR count). The van der Waals surface area contributed by atoms with Crippen LogP contribution in [0, 0.1) is 12.8 Å². The zero-order valence-electron chi connectivity index (χ0n) is 9.05. The van der Waals surface area contributed by atoms with Crippen molar-refractivity contribution in [3.63, 3.8) is 0 Å². The van der Waals surface area contributed by atoms with E-state index in [4.69, 9.17) is 0 Å². The van der Waals surface area contributed by atoms with Crippen molar-refractivity contribution in [1.29, 1.82) is 0 Å². The normalized spacial score (nSPS) is 23.6. The molecule has 1 aromatic rings. The zero-order valence-corrected chi connectivity index (χ0v) is 9.05. The molecule has 2 aliphatic rings. The first-order valence-electron chi connectivity index (χ1n) is 5.46. The van der Waals surface area contributed by atoms with Gasteiger partial charge in [0.15, 0.2) is 5.82 Å². The molecule has 1 aliphatic carbocycles. The highest BCUT2D eigenvalue weighted by Crippen LogP contribution is 2.32. The third-order valence-corrected chi connectivity index (χ3v) is 3.07. The zero-order chi connectivity index (χ0) is 11.1. The summed E-state index contributed by atoms with van der Waals surface area (Å²) in [4.78, 5) is 20.1. The number of aryl methyl sites for hydroxylation is 1. The molecule has 0 radical (unpaired) electrons. The van der Waals surface area contributed by atoms with Gasteiger partial charge in [-0.25, -0.2) is 9.97 Å². The standard InChI is InChI=1S/C11H12N4O/c1-7-5-10(13-6-12-7)15-11(16)8-3-2-4-9(8)14-15/h5-6,8H,2-4H2,1H3. The summed E-state index contributed by atoms with van der Waals surface area (Å²) in [5.41, 5.74) is 1.86. The number of aromatic nitrogens is 2. The molecule has 0 saturated heterocycles. The molecule has 1 unspecified atom stereocenters. The fraction of sp³-hybridized carbons (Fsp3) is 0.455. The van der Waals surface area contributed by atoms with Crippen LogP contribution in [0.25, 0.3) is 0 Å². The second kappa shape index (κ2) is 3.37. The average molecular weight is 216 g/mol. The van der Waals surface area contributed by atoms with E-state index in [-0.39, 0.29) is 11.8 Å². The molecule has 0 bridgehead atoms. The second-order valence-electron chi connectivity index (χ2n) is 4.20. The molecule has 1 atom stereocenters. The molecule has 1 aromatic heterocycles. The van der Waals surface area contributed by atoms with Gasteiger partial charge in [-0.3, -0.25) is 4.79 Å². The van der Waals surface area contributed by atoms with Gasteiger partial charge in [-0.05, 0) is 26.2 Å². The van der Waals surface area contributed by atoms with Crippen molar-refractivity contribution in [2.75, 3.05) is 5.01 Å². The summed E-state index contributed by atoms with van der Waals surface area (Å²) in [7, 11) is 0. The van der Waals surface area contributed by atoms with Crippen LogP contribution in [-0.4, -0.2) is 21.6 Å². The number of nitrogens with zero attached hydrogens (tertiary/aromatic N) is 4. The van der Waals surface area contributed by atoms with E-state index in [0.29, 0.717) is 5.82 Å². The molecule has 2 heterocycles. The molecule has 5 heteroatoms. The Morgan fingerprint density at radius 1 is 1.44 bits per heavy atom. The SMILES string of the molecule is Cc1cc(N2N=C3CCCC3C2=O)ncn1. The summed E-state index contributed by atoms with van der Waals surface area (Å²) in [6, 6.07) is 1.78. The Morgan fingerprint density at radius 3 is 3.06 bits per heavy atom. The maximum Gasteiger partial charge on any atom is 0.257 e. The molecule has 0 spiro atoms. The highest BCUT2D eigenvalue weighted by Gasteiger charge is 2.39. The summed E-state index contributed by atoms with van der Waals surface area (Å²) in [5, 5.41) is 5.78. The van der Waals surface area contributed by atoms with Crippen molar-refractivity contribution < 1.29 is 4.79 Å². The van der Waals surface area contributed by atoms with Crippen LogP contribution in [0.15, 0.2) is 17.5 Å². The minimum absolute atomic E-state index is 0.00951. The minimum Gasteiger partial charge on any atom is -0.272 e. The summed E-state index contributed by atoms with van der Waals surface area (Å²) >= 11 is 0. The smallest absolute Gasteiger partial charge is 0.257 e. The Hall–Kier alpha value is -1.78. The number of hydrazone groups is 1. The summed E-state index contributed by atoms with van der Waals surface area (Å²) < 4.78 is 0. The fourth-order valence-electron chi connectivity index (χ4n) is 2.26. The lowest BCUT2D eigenvalue weighted by atomic mass is 10.1. The fourth-order valence-corrected chi connectivity index (χ4v) is 2.26. The van der Waals surface area contributed by atoms with Crippen molar-refractivity contribution in [2.45, 2.75) is 26.2 Å². The molecule has 82 valence electrons. The maximum atomic E-state index is 12.0. The molecule has 1 amide bonds. The number of rotatable bonds is 1. The number of carbonyl (C=O) groups is 1. The van der Waals surface area contributed by atoms with Crippen LogP contribution in [0.5, 0.6) is 0 Å². The van der Waals surface area contributed by atoms with Gasteiger partial charge >= 0.3 is 0 Å². The molecule has 1 fully saturated rings. The molecule has 0 aromatic carbocycles. The van der Waals surface area contributed by atoms with E-state index in [0.717, 1.165) is 30.7 Å². The first kappa shape index (κ1) is 9.45. The lowest BCUT2D eigenvalue weighted by molar-refractivity contribution is -0.119. The van der Waals surface area contributed by atoms with Crippen LogP contribution in [0.1, 0.15) is 25.0 Å². The second-order valence-corrected chi connectivity index (χ2v) is 4.20. The predicted molar refractivity (Wildman–Crippen MR) is 59.0 cm³/mol. The van der Waals surface area contributed by atoms with E-state index >= 15 is 0 Å². The minimum atomic E-state index is 0.00951. The van der Waals surface area contributed by atoms with Gasteiger partial charge in [0.05, 0.1) is 11.6 Å². The van der Waals surface area contributed by atoms with Gasteiger partial charge < -0.3 is 0 Å². The predicted octanol–water partition coefficient (Wildman–Crippen LogP) is 1.29. The van der Waals surface area contributed by atoms with Gasteiger partial charge in [0.2, 0.25) is 0 Å². The van der Waals surface area contributed by atoms with Gasteiger partial charge in [-0.1, -0.05) is 0 Å². The van der Waals surface area contributed by atoms with E-state index in [1.54, 1.807) is 6.07 Å². The van der Waals surface area contributed by atoms with E-state index in [2.05, 4.69) is 15.1 Å². The third kappa shape index (κ3) is 1.31. The van der Waals surface area contributed by atoms with Crippen LogP contribution in [-0.2, 0) is 4.79 Å². The number of amides is 1. The number of anilines is 1. The van der Waals surface area contributed by atoms with E-state index < -0.39 is 0 Å². The van der Waals surface area contributed by atoms with E-state index in [9.17, 15) is 4.79 Å². The lowest BCUT2D eigenvalue weighted by Gasteiger charge is -2.12. The Balaban J connectivity index is 1.97. The van der Waals surface area contributed by atoms with Crippen molar-refractivity contribution in [2.24, 2.45) is 11.0 Å². The number of hydrogen-bond donors (Lipinski definition) is 0. The summed E-state index contributed by atoms with van der Waals surface area (Å²) in [6.07, 6.45) is 4.41. The first-order chi connectivity index (χ1) is 7.75. The lowest BCUT2D eigenvalue weighted by Crippen LogP contribution is -2.26. The quantitative estimate of drug-likeness (QED) is 0.710. The summed E-state index contributed by atoms with van der Waals surface area (Å²) in [5.74, 6) is 0.653. The molecule has 1 saturated carbocycles. The Kier molecular flexibility index (Phi) is 1.99. The van der Waals surface area contributed by atoms with Crippen LogP contribution >= 0.6 is 0 Å². The van der Waals surface area contributed by atoms with E-state index in [1.807, 2.05) is 6.92 Å². The molecular weight excluding hydrogens is 204 g/mol. The Labute approximate surface area is 93.2 Å². The highest BCUT2D eigenvalue weighted by molar-refractivity contribution is 6.16. The molecular formula is C11H12N4O. The number of fused-ring (bicyclic) bond motifs is 1. The van der Waals surface area contributed by atoms with E-state index in [1.165, 1.54) is 11.3 Å². The molecule has 1 aliphatic heterocycles. The van der Waals surface area contributed by atoms with Gasteiger partial charge in [-0.15, -0.1) is 0 Å². The summed E-state index contributed by atoms with van der Waals surface area (Å²) in [6.45, 7) is 1.87. The van der Waals surface area contributed by atoms with Gasteiger partial charge in [-0.2, -0.15) is 10.1 Å². The maximum absolute atomic E-state index is 12.0. The van der Waals surface area contributed by atoms with Crippen LogP contribution in [0.3, 0.4) is 0 Å². The van der Waals surface area contributed by atoms with Gasteiger partial charge in [0, 0.05) is 11.8 Å². The van der Waals surface area contributed by atoms with Crippen molar-refractivity contribution >= 4 is 17.4 Å². The Bertz CT molecular complexity index is 483. The molecule has 0 N–H and O–H groups in total. The monoisotopic (exact) mass is 216 g/mol. The van der Waals surface area contributed by atoms with Crippen molar-refractivity contribution in [3.8, 4) is 0 Å². The van der Waals surface area contributed by atoms with Crippen LogP contribution < -0.4 is 5.01 Å². The van der Waals surface area contributed by atoms with Gasteiger partial charge in [0.25, 0.3) is 5.91 Å². The Morgan fingerprint density at radius 2 is 2.31 bits per heavy atom. The average Bonchev–Trinajstić information content (AvgIpc) is 2.82.